The molecule has 6 heteroatoms. The van der Waals surface area contributed by atoms with Crippen molar-refractivity contribution in [1.82, 2.24) is 4.98 Å². The highest BCUT2D eigenvalue weighted by atomic mass is 19.1. The molecule has 3 aromatic rings. The summed E-state index contributed by atoms with van der Waals surface area (Å²) in [5, 5.41) is 0.836. The van der Waals surface area contributed by atoms with Gasteiger partial charge in [-0.2, -0.15) is 0 Å². The summed E-state index contributed by atoms with van der Waals surface area (Å²) in [5.74, 6) is -1.80. The number of pyridine rings is 1. The zero-order valence-corrected chi connectivity index (χ0v) is 13.5. The number of hydrogen-bond acceptors (Lipinski definition) is 4. The molecule has 0 unspecified atom stereocenters. The molecule has 0 bridgehead atoms. The summed E-state index contributed by atoms with van der Waals surface area (Å²) in [5.41, 5.74) is 0.480. The van der Waals surface area contributed by atoms with Gasteiger partial charge in [0.25, 0.3) is 0 Å². The lowest BCUT2D eigenvalue weighted by Gasteiger charge is -2.10. The molecule has 0 saturated carbocycles. The van der Waals surface area contributed by atoms with Gasteiger partial charge in [0, 0.05) is 11.6 Å². The maximum absolute atomic E-state index is 13.7. The number of carbonyl (C=O) groups excluding carboxylic acids is 1. The predicted octanol–water partition coefficient (Wildman–Crippen LogP) is 4.06. The van der Waals surface area contributed by atoms with E-state index in [1.807, 2.05) is 24.3 Å². The third-order valence-corrected chi connectivity index (χ3v) is 3.65. The Labute approximate surface area is 143 Å². The molecule has 0 atom stereocenters. The molecular weight excluding hydrogens is 328 g/mol. The van der Waals surface area contributed by atoms with Crippen molar-refractivity contribution in [2.45, 2.75) is 6.92 Å². The molecule has 0 saturated heterocycles. The second-order valence-corrected chi connectivity index (χ2v) is 5.39. The Morgan fingerprint density at radius 1 is 1.08 bits per heavy atom. The smallest absolute Gasteiger partial charge is 0.341 e. The minimum absolute atomic E-state index is 0.0791. The van der Waals surface area contributed by atoms with Crippen LogP contribution in [0.25, 0.3) is 10.9 Å². The average Bonchev–Trinajstić information content (AvgIpc) is 2.61. The van der Waals surface area contributed by atoms with Gasteiger partial charge in [-0.1, -0.05) is 12.1 Å². The van der Waals surface area contributed by atoms with E-state index in [4.69, 9.17) is 9.47 Å². The Balaban J connectivity index is 1.60. The highest BCUT2D eigenvalue weighted by Gasteiger charge is 2.16. The molecule has 0 N–H and O–H groups in total. The van der Waals surface area contributed by atoms with Crippen LogP contribution in [0.2, 0.25) is 0 Å². The first-order valence-corrected chi connectivity index (χ1v) is 7.65. The fourth-order valence-corrected chi connectivity index (χ4v) is 2.36. The average molecular weight is 343 g/mol. The summed E-state index contributed by atoms with van der Waals surface area (Å²) in [7, 11) is 0. The lowest BCUT2D eigenvalue weighted by atomic mass is 10.1. The van der Waals surface area contributed by atoms with E-state index in [1.54, 1.807) is 12.3 Å². The highest BCUT2D eigenvalue weighted by molar-refractivity contribution is 5.89. The summed E-state index contributed by atoms with van der Waals surface area (Å²) in [6.07, 6.45) is 1.62. The topological polar surface area (TPSA) is 48.4 Å². The molecule has 0 spiro atoms. The molecule has 0 aliphatic rings. The second kappa shape index (κ2) is 7.25. The molecule has 4 nitrogen and oxygen atoms in total. The van der Waals surface area contributed by atoms with Gasteiger partial charge in [0.15, 0.2) is 0 Å². The van der Waals surface area contributed by atoms with Gasteiger partial charge in [-0.15, -0.1) is 0 Å². The maximum Gasteiger partial charge on any atom is 0.341 e. The number of rotatable bonds is 5. The van der Waals surface area contributed by atoms with E-state index in [0.717, 1.165) is 23.0 Å². The van der Waals surface area contributed by atoms with E-state index in [2.05, 4.69) is 4.98 Å². The number of halogens is 2. The molecule has 3 rings (SSSR count). The molecule has 1 aromatic heterocycles. The van der Waals surface area contributed by atoms with Crippen molar-refractivity contribution in [2.24, 2.45) is 0 Å². The number of carbonyl (C=O) groups is 1. The largest absolute Gasteiger partial charge is 0.489 e. The summed E-state index contributed by atoms with van der Waals surface area (Å²) < 4.78 is 37.7. The van der Waals surface area contributed by atoms with Crippen molar-refractivity contribution >= 4 is 16.9 Å². The van der Waals surface area contributed by atoms with Gasteiger partial charge in [0.1, 0.15) is 30.6 Å². The SMILES string of the molecule is Cc1cc(F)c(C(=O)OCCOc2ccnc3ccccc23)cc1F. The molecule has 0 aliphatic carbocycles. The number of fused-ring (bicyclic) bond motifs is 1. The van der Waals surface area contributed by atoms with Gasteiger partial charge in [-0.25, -0.2) is 13.6 Å². The van der Waals surface area contributed by atoms with Gasteiger partial charge in [-0.05, 0) is 42.8 Å². The fourth-order valence-electron chi connectivity index (χ4n) is 2.36. The predicted molar refractivity (Wildman–Crippen MR) is 88.6 cm³/mol. The van der Waals surface area contributed by atoms with Crippen molar-refractivity contribution in [1.29, 1.82) is 0 Å². The van der Waals surface area contributed by atoms with Crippen molar-refractivity contribution in [2.75, 3.05) is 13.2 Å². The van der Waals surface area contributed by atoms with Gasteiger partial charge >= 0.3 is 5.97 Å². The van der Waals surface area contributed by atoms with Crippen molar-refractivity contribution in [3.8, 4) is 5.75 Å². The summed E-state index contributed by atoms with van der Waals surface area (Å²) >= 11 is 0. The molecule has 0 amide bonds. The van der Waals surface area contributed by atoms with Crippen LogP contribution in [0.1, 0.15) is 15.9 Å². The number of esters is 1. The standard InChI is InChI=1S/C19H15F2NO3/c1-12-10-16(21)14(11-15(12)20)19(23)25-9-8-24-18-6-7-22-17-5-3-2-4-13(17)18/h2-7,10-11H,8-9H2,1H3. The minimum Gasteiger partial charge on any atom is -0.489 e. The van der Waals surface area contributed by atoms with Crippen molar-refractivity contribution < 1.29 is 23.0 Å². The monoisotopic (exact) mass is 343 g/mol. The Hall–Kier alpha value is -3.02. The summed E-state index contributed by atoms with van der Waals surface area (Å²) in [6.45, 7) is 1.40. The zero-order chi connectivity index (χ0) is 17.8. The number of ether oxygens (including phenoxy) is 2. The lowest BCUT2D eigenvalue weighted by Crippen LogP contribution is -2.14. The number of nitrogens with zero attached hydrogens (tertiary/aromatic N) is 1. The van der Waals surface area contributed by atoms with E-state index in [-0.39, 0.29) is 18.8 Å². The maximum atomic E-state index is 13.7. The molecule has 1 heterocycles. The molecule has 128 valence electrons. The van der Waals surface area contributed by atoms with Crippen molar-refractivity contribution in [3.05, 3.63) is 71.4 Å². The minimum atomic E-state index is -0.931. The molecule has 0 aliphatic heterocycles. The highest BCUT2D eigenvalue weighted by Crippen LogP contribution is 2.23. The third kappa shape index (κ3) is 3.74. The van der Waals surface area contributed by atoms with Crippen LogP contribution in [0.5, 0.6) is 5.75 Å². The van der Waals surface area contributed by atoms with E-state index in [9.17, 15) is 13.6 Å². The Bertz CT molecular complexity index is 922. The van der Waals surface area contributed by atoms with Crippen LogP contribution in [-0.2, 0) is 4.74 Å². The van der Waals surface area contributed by atoms with Gasteiger partial charge in [-0.3, -0.25) is 4.98 Å². The van der Waals surface area contributed by atoms with E-state index < -0.39 is 23.2 Å². The Kier molecular flexibility index (Phi) is 4.88. The first-order chi connectivity index (χ1) is 12.1. The summed E-state index contributed by atoms with van der Waals surface area (Å²) in [6, 6.07) is 11.0. The van der Waals surface area contributed by atoms with Crippen LogP contribution < -0.4 is 4.74 Å². The Morgan fingerprint density at radius 2 is 1.88 bits per heavy atom. The van der Waals surface area contributed by atoms with E-state index in [0.29, 0.717) is 5.75 Å². The number of para-hydroxylation sites is 1. The molecule has 0 radical (unpaired) electrons. The first-order valence-electron chi connectivity index (χ1n) is 7.65. The normalized spacial score (nSPS) is 10.7. The van der Waals surface area contributed by atoms with Crippen LogP contribution in [0.15, 0.2) is 48.7 Å². The van der Waals surface area contributed by atoms with Crippen LogP contribution >= 0.6 is 0 Å². The van der Waals surface area contributed by atoms with Gasteiger partial charge < -0.3 is 9.47 Å². The number of hydrogen-bond donors (Lipinski definition) is 0. The Morgan fingerprint density at radius 3 is 2.72 bits per heavy atom. The summed E-state index contributed by atoms with van der Waals surface area (Å²) in [4.78, 5) is 16.1. The van der Waals surface area contributed by atoms with Crippen molar-refractivity contribution in [3.63, 3.8) is 0 Å². The second-order valence-electron chi connectivity index (χ2n) is 5.39. The first kappa shape index (κ1) is 16.8. The molecule has 25 heavy (non-hydrogen) atoms. The van der Waals surface area contributed by atoms with Crippen LogP contribution in [-0.4, -0.2) is 24.2 Å². The van der Waals surface area contributed by atoms with Gasteiger partial charge in [0.2, 0.25) is 0 Å². The van der Waals surface area contributed by atoms with Crippen LogP contribution in [0.4, 0.5) is 8.78 Å². The van der Waals surface area contributed by atoms with Gasteiger partial charge in [0.05, 0.1) is 11.1 Å². The number of aromatic nitrogens is 1. The lowest BCUT2D eigenvalue weighted by molar-refractivity contribution is 0.0445. The van der Waals surface area contributed by atoms with E-state index in [1.165, 1.54) is 6.92 Å². The molecule has 2 aromatic carbocycles. The zero-order valence-electron chi connectivity index (χ0n) is 13.5. The third-order valence-electron chi connectivity index (χ3n) is 3.65. The quantitative estimate of drug-likeness (QED) is 0.518. The van der Waals surface area contributed by atoms with Crippen LogP contribution in [0.3, 0.4) is 0 Å². The molecular formula is C19H15F2NO3. The molecule has 0 fully saturated rings. The number of aryl methyl sites for hydroxylation is 1. The fraction of sp³-hybridized carbons (Fsp3) is 0.158. The van der Waals surface area contributed by atoms with Crippen LogP contribution in [0, 0.1) is 18.6 Å². The van der Waals surface area contributed by atoms with E-state index >= 15 is 0 Å². The number of benzene rings is 2.